The van der Waals surface area contributed by atoms with Crippen LogP contribution in [0, 0.1) is 11.2 Å². The van der Waals surface area contributed by atoms with Crippen LogP contribution in [0.5, 0.6) is 0 Å². The van der Waals surface area contributed by atoms with Gasteiger partial charge in [0.05, 0.1) is 21.5 Å². The number of morpholine rings is 1. The summed E-state index contributed by atoms with van der Waals surface area (Å²) in [7, 11) is 0. The van der Waals surface area contributed by atoms with Gasteiger partial charge >= 0.3 is 0 Å². The van der Waals surface area contributed by atoms with E-state index >= 15 is 0 Å². The molecule has 8 nitrogen and oxygen atoms in total. The van der Waals surface area contributed by atoms with Gasteiger partial charge in [0.1, 0.15) is 18.5 Å². The highest BCUT2D eigenvalue weighted by atomic mass is 35.5. The minimum absolute atomic E-state index is 0.0269. The standard InChI is InChI=1S/C23H28ClFN4O4S/c1-23(2,3)13-27-16(11-26-22(32)18-6-7-19(24)34-18)21(31)28-14-4-5-17(15(25)10-14)29-8-9-33-12-20(29)30/h4-7,10,16,27H,8-9,11-13H2,1-3H3,(H,26,32)(H,28,31)/t16-/m0/s1. The Bertz CT molecular complexity index is 1060. The van der Waals surface area contributed by atoms with E-state index in [1.807, 2.05) is 20.8 Å². The lowest BCUT2D eigenvalue weighted by Crippen LogP contribution is -2.50. The van der Waals surface area contributed by atoms with Crippen molar-refractivity contribution in [2.45, 2.75) is 26.8 Å². The van der Waals surface area contributed by atoms with E-state index in [9.17, 15) is 18.8 Å². The summed E-state index contributed by atoms with van der Waals surface area (Å²) in [6.07, 6.45) is 0. The lowest BCUT2D eigenvalue weighted by atomic mass is 9.96. The van der Waals surface area contributed by atoms with Gasteiger partial charge in [0.2, 0.25) is 5.91 Å². The smallest absolute Gasteiger partial charge is 0.261 e. The van der Waals surface area contributed by atoms with Gasteiger partial charge in [-0.1, -0.05) is 32.4 Å². The fraction of sp³-hybridized carbons (Fsp3) is 0.435. The van der Waals surface area contributed by atoms with E-state index < -0.39 is 17.8 Å². The van der Waals surface area contributed by atoms with Crippen LogP contribution in [0.4, 0.5) is 15.8 Å². The van der Waals surface area contributed by atoms with Crippen molar-refractivity contribution in [2.75, 3.05) is 43.1 Å². The molecule has 0 radical (unpaired) electrons. The number of hydrogen-bond acceptors (Lipinski definition) is 6. The van der Waals surface area contributed by atoms with Crippen molar-refractivity contribution in [3.05, 3.63) is 45.4 Å². The molecule has 2 heterocycles. The number of carbonyl (C=O) groups is 3. The highest BCUT2D eigenvalue weighted by Crippen LogP contribution is 2.24. The van der Waals surface area contributed by atoms with Crippen molar-refractivity contribution in [3.63, 3.8) is 0 Å². The Morgan fingerprint density at radius 3 is 2.65 bits per heavy atom. The Balaban J connectivity index is 1.68. The summed E-state index contributed by atoms with van der Waals surface area (Å²) >= 11 is 7.04. The van der Waals surface area contributed by atoms with Gasteiger partial charge in [0.25, 0.3) is 11.8 Å². The van der Waals surface area contributed by atoms with E-state index in [0.29, 0.717) is 22.4 Å². The Kier molecular flexibility index (Phi) is 8.64. The van der Waals surface area contributed by atoms with E-state index in [2.05, 4.69) is 16.0 Å². The summed E-state index contributed by atoms with van der Waals surface area (Å²) in [5, 5.41) is 8.60. The second-order valence-electron chi connectivity index (χ2n) is 9.06. The molecule has 11 heteroatoms. The molecule has 3 rings (SSSR count). The molecule has 184 valence electrons. The fourth-order valence-corrected chi connectivity index (χ4v) is 4.17. The number of amides is 3. The quantitative estimate of drug-likeness (QED) is 0.506. The van der Waals surface area contributed by atoms with Crippen molar-refractivity contribution in [3.8, 4) is 0 Å². The van der Waals surface area contributed by atoms with Crippen molar-refractivity contribution in [2.24, 2.45) is 5.41 Å². The van der Waals surface area contributed by atoms with Crippen LogP contribution < -0.4 is 20.9 Å². The van der Waals surface area contributed by atoms with Crippen LogP contribution in [-0.4, -0.2) is 56.6 Å². The lowest BCUT2D eigenvalue weighted by molar-refractivity contribution is -0.125. The molecule has 3 amide bonds. The lowest BCUT2D eigenvalue weighted by Gasteiger charge is -2.27. The fourth-order valence-electron chi connectivity index (χ4n) is 3.21. The summed E-state index contributed by atoms with van der Waals surface area (Å²) in [6, 6.07) is 6.64. The summed E-state index contributed by atoms with van der Waals surface area (Å²) in [5.41, 5.74) is 0.267. The van der Waals surface area contributed by atoms with Gasteiger partial charge in [0.15, 0.2) is 0 Å². The number of nitrogens with zero attached hydrogens (tertiary/aromatic N) is 1. The first-order valence-electron chi connectivity index (χ1n) is 10.8. The van der Waals surface area contributed by atoms with Crippen molar-refractivity contribution in [1.82, 2.24) is 10.6 Å². The first kappa shape index (κ1) is 26.1. The summed E-state index contributed by atoms with van der Waals surface area (Å²) in [4.78, 5) is 39.1. The zero-order valence-electron chi connectivity index (χ0n) is 19.2. The highest BCUT2D eigenvalue weighted by molar-refractivity contribution is 7.18. The molecule has 1 aromatic heterocycles. The molecule has 34 heavy (non-hydrogen) atoms. The second kappa shape index (κ2) is 11.3. The van der Waals surface area contributed by atoms with Crippen LogP contribution in [0.25, 0.3) is 0 Å². The summed E-state index contributed by atoms with van der Waals surface area (Å²) in [6.45, 7) is 7.08. The van der Waals surface area contributed by atoms with E-state index in [1.54, 1.807) is 12.1 Å². The summed E-state index contributed by atoms with van der Waals surface area (Å²) < 4.78 is 20.3. The molecule has 0 aliphatic carbocycles. The first-order valence-corrected chi connectivity index (χ1v) is 12.0. The van der Waals surface area contributed by atoms with Gasteiger partial charge in [-0.05, 0) is 35.7 Å². The third-order valence-corrected chi connectivity index (χ3v) is 6.18. The van der Waals surface area contributed by atoms with E-state index in [1.165, 1.54) is 23.1 Å². The van der Waals surface area contributed by atoms with Gasteiger partial charge in [-0.15, -0.1) is 11.3 Å². The minimum Gasteiger partial charge on any atom is -0.370 e. The second-order valence-corrected chi connectivity index (χ2v) is 10.8. The Labute approximate surface area is 206 Å². The molecule has 1 atom stereocenters. The molecule has 0 bridgehead atoms. The molecule has 1 aliphatic rings. The average molecular weight is 511 g/mol. The number of rotatable bonds is 8. The number of nitrogens with one attached hydrogen (secondary N) is 3. The molecule has 1 aliphatic heterocycles. The van der Waals surface area contributed by atoms with E-state index in [-0.39, 0.29) is 48.3 Å². The molecule has 3 N–H and O–H groups in total. The minimum atomic E-state index is -0.762. The number of anilines is 2. The Morgan fingerprint density at radius 2 is 2.03 bits per heavy atom. The van der Waals surface area contributed by atoms with Crippen LogP contribution in [0.15, 0.2) is 30.3 Å². The van der Waals surface area contributed by atoms with Gasteiger partial charge in [0, 0.05) is 25.3 Å². The van der Waals surface area contributed by atoms with Gasteiger partial charge in [-0.25, -0.2) is 4.39 Å². The maximum atomic E-state index is 14.7. The highest BCUT2D eigenvalue weighted by Gasteiger charge is 2.25. The zero-order chi connectivity index (χ0) is 24.9. The molecule has 0 saturated carbocycles. The predicted octanol–water partition coefficient (Wildman–Crippen LogP) is 3.28. The third-order valence-electron chi connectivity index (χ3n) is 4.95. The van der Waals surface area contributed by atoms with Crippen molar-refractivity contribution in [1.29, 1.82) is 0 Å². The maximum absolute atomic E-state index is 14.7. The third kappa shape index (κ3) is 7.23. The van der Waals surface area contributed by atoms with Crippen molar-refractivity contribution >= 4 is 52.0 Å². The molecular weight excluding hydrogens is 483 g/mol. The molecular formula is C23H28ClFN4O4S. The SMILES string of the molecule is CC(C)(C)CN[C@@H](CNC(=O)c1ccc(Cl)s1)C(=O)Nc1ccc(N2CCOCC2=O)c(F)c1. The van der Waals surface area contributed by atoms with E-state index in [4.69, 9.17) is 16.3 Å². The number of halogens is 2. The van der Waals surface area contributed by atoms with Gasteiger partial charge in [-0.3, -0.25) is 14.4 Å². The van der Waals surface area contributed by atoms with Crippen LogP contribution in [0.3, 0.4) is 0 Å². The molecule has 1 fully saturated rings. The average Bonchev–Trinajstić information content (AvgIpc) is 3.20. The van der Waals surface area contributed by atoms with Crippen LogP contribution in [0.1, 0.15) is 30.4 Å². The molecule has 2 aromatic rings. The zero-order valence-corrected chi connectivity index (χ0v) is 20.8. The normalized spacial score (nSPS) is 15.2. The predicted molar refractivity (Wildman–Crippen MR) is 131 cm³/mol. The summed E-state index contributed by atoms with van der Waals surface area (Å²) in [5.74, 6) is -1.72. The number of ether oxygens (including phenoxy) is 1. The largest absolute Gasteiger partial charge is 0.370 e. The van der Waals surface area contributed by atoms with Gasteiger partial charge < -0.3 is 25.6 Å². The number of carbonyl (C=O) groups excluding carboxylic acids is 3. The maximum Gasteiger partial charge on any atom is 0.261 e. The van der Waals surface area contributed by atoms with Gasteiger partial charge in [-0.2, -0.15) is 0 Å². The molecule has 0 spiro atoms. The van der Waals surface area contributed by atoms with Crippen LogP contribution >= 0.6 is 22.9 Å². The number of hydrogen-bond donors (Lipinski definition) is 3. The monoisotopic (exact) mass is 510 g/mol. The molecule has 1 saturated heterocycles. The number of benzene rings is 1. The molecule has 0 unspecified atom stereocenters. The number of thiophene rings is 1. The first-order chi connectivity index (χ1) is 16.0. The Hall–Kier alpha value is -2.53. The van der Waals surface area contributed by atoms with Crippen molar-refractivity contribution < 1.29 is 23.5 Å². The molecule has 1 aromatic carbocycles. The topological polar surface area (TPSA) is 99.8 Å². The van der Waals surface area contributed by atoms with E-state index in [0.717, 1.165) is 11.3 Å². The van der Waals surface area contributed by atoms with Crippen LogP contribution in [-0.2, 0) is 14.3 Å². The Morgan fingerprint density at radius 1 is 1.26 bits per heavy atom. The van der Waals surface area contributed by atoms with Crippen LogP contribution in [0.2, 0.25) is 4.34 Å².